The Balaban J connectivity index is 1.21. The number of hydrogen-bond donors (Lipinski definition) is 0. The number of piperidine rings is 1. The molecule has 3 heterocycles. The monoisotopic (exact) mass is 482 g/mol. The van der Waals surface area contributed by atoms with Crippen LogP contribution in [0, 0.1) is 30.5 Å². The van der Waals surface area contributed by atoms with Gasteiger partial charge in [-0.25, -0.2) is 19.0 Å². The summed E-state index contributed by atoms with van der Waals surface area (Å²) in [5.74, 6) is 3.50. The van der Waals surface area contributed by atoms with Crippen LogP contribution in [0.3, 0.4) is 0 Å². The van der Waals surface area contributed by atoms with Gasteiger partial charge in [0.15, 0.2) is 5.82 Å². The molecule has 2 aliphatic carbocycles. The van der Waals surface area contributed by atoms with E-state index in [1.54, 1.807) is 12.4 Å². The Morgan fingerprint density at radius 2 is 1.85 bits per heavy atom. The highest BCUT2D eigenvalue weighted by Gasteiger charge is 2.43. The van der Waals surface area contributed by atoms with Gasteiger partial charge in [-0.2, -0.15) is 10.1 Å². The van der Waals surface area contributed by atoms with E-state index >= 15 is 0 Å². The highest BCUT2D eigenvalue weighted by molar-refractivity contribution is 6.30. The smallest absolute Gasteiger partial charge is 0.320 e. The largest absolute Gasteiger partial charge is 0.424 e. The van der Waals surface area contributed by atoms with Gasteiger partial charge >= 0.3 is 6.01 Å². The van der Waals surface area contributed by atoms with E-state index in [1.165, 1.54) is 31.4 Å². The molecule has 1 saturated heterocycles. The summed E-state index contributed by atoms with van der Waals surface area (Å²) in [7, 11) is 0. The van der Waals surface area contributed by atoms with Crippen molar-refractivity contribution in [3.8, 4) is 11.8 Å². The lowest BCUT2D eigenvalue weighted by molar-refractivity contribution is 0.252. The minimum atomic E-state index is -0.431. The SMILES string of the molecule is Cc1cc(N2C[C@H]3CC[C@@H](C2)C3Cc2nc(Oc3cc(F)cc(Cl)c3)n(C3CCC3)n2)ncn1. The van der Waals surface area contributed by atoms with Gasteiger partial charge in [-0.1, -0.05) is 11.6 Å². The fourth-order valence-corrected chi connectivity index (χ4v) is 5.96. The molecule has 3 aliphatic rings. The van der Waals surface area contributed by atoms with Crippen LogP contribution < -0.4 is 9.64 Å². The van der Waals surface area contributed by atoms with E-state index in [1.807, 2.05) is 11.6 Å². The van der Waals surface area contributed by atoms with Crippen LogP contribution in [0.1, 0.15) is 49.7 Å². The number of aromatic nitrogens is 5. The molecule has 178 valence electrons. The molecule has 0 spiro atoms. The minimum Gasteiger partial charge on any atom is -0.424 e. The van der Waals surface area contributed by atoms with E-state index in [2.05, 4.69) is 20.9 Å². The second-order valence-electron chi connectivity index (χ2n) is 9.94. The summed E-state index contributed by atoms with van der Waals surface area (Å²) in [5.41, 5.74) is 0.998. The molecule has 3 aromatic rings. The van der Waals surface area contributed by atoms with Crippen LogP contribution in [0.2, 0.25) is 5.02 Å². The van der Waals surface area contributed by atoms with E-state index in [0.717, 1.165) is 49.7 Å². The Morgan fingerprint density at radius 3 is 2.53 bits per heavy atom. The van der Waals surface area contributed by atoms with Gasteiger partial charge in [-0.3, -0.25) is 0 Å². The average Bonchev–Trinajstić information content (AvgIpc) is 3.21. The first-order valence-electron chi connectivity index (χ1n) is 12.1. The Bertz CT molecular complexity index is 1160. The number of benzene rings is 1. The predicted octanol–water partition coefficient (Wildman–Crippen LogP) is 5.39. The van der Waals surface area contributed by atoms with E-state index < -0.39 is 5.82 Å². The summed E-state index contributed by atoms with van der Waals surface area (Å²) in [6.07, 6.45) is 8.25. The molecule has 2 saturated carbocycles. The lowest BCUT2D eigenvalue weighted by Crippen LogP contribution is -2.43. The van der Waals surface area contributed by atoms with Gasteiger partial charge in [0.25, 0.3) is 0 Å². The number of rotatable bonds is 6. The van der Waals surface area contributed by atoms with E-state index in [-0.39, 0.29) is 0 Å². The molecule has 6 rings (SSSR count). The second-order valence-corrected chi connectivity index (χ2v) is 10.4. The molecule has 2 bridgehead atoms. The Morgan fingerprint density at radius 1 is 1.06 bits per heavy atom. The van der Waals surface area contributed by atoms with Crippen molar-refractivity contribution in [2.24, 2.45) is 17.8 Å². The zero-order valence-electron chi connectivity index (χ0n) is 19.2. The van der Waals surface area contributed by atoms with Crippen molar-refractivity contribution in [1.29, 1.82) is 0 Å². The van der Waals surface area contributed by atoms with Crippen LogP contribution in [-0.2, 0) is 6.42 Å². The van der Waals surface area contributed by atoms with Crippen molar-refractivity contribution in [3.05, 3.63) is 53.0 Å². The average molecular weight is 483 g/mol. The molecule has 9 heteroatoms. The van der Waals surface area contributed by atoms with Gasteiger partial charge in [0, 0.05) is 42.4 Å². The van der Waals surface area contributed by atoms with Crippen LogP contribution in [0.4, 0.5) is 10.2 Å². The van der Waals surface area contributed by atoms with Crippen molar-refractivity contribution in [3.63, 3.8) is 0 Å². The third kappa shape index (κ3) is 4.24. The summed E-state index contributed by atoms with van der Waals surface area (Å²) in [4.78, 5) is 15.9. The number of nitrogens with zero attached hydrogens (tertiary/aromatic N) is 6. The van der Waals surface area contributed by atoms with Gasteiger partial charge in [0.2, 0.25) is 0 Å². The summed E-state index contributed by atoms with van der Waals surface area (Å²) >= 11 is 6.02. The van der Waals surface area contributed by atoms with Crippen molar-refractivity contribution < 1.29 is 9.13 Å². The Labute approximate surface area is 203 Å². The van der Waals surface area contributed by atoms with Crippen molar-refractivity contribution in [2.75, 3.05) is 18.0 Å². The maximum Gasteiger partial charge on any atom is 0.320 e. The van der Waals surface area contributed by atoms with E-state index in [0.29, 0.717) is 40.6 Å². The van der Waals surface area contributed by atoms with Gasteiger partial charge in [0.05, 0.1) is 6.04 Å². The molecule has 2 aromatic heterocycles. The van der Waals surface area contributed by atoms with Crippen LogP contribution in [-0.4, -0.2) is 37.8 Å². The lowest BCUT2D eigenvalue weighted by Gasteiger charge is -2.38. The fourth-order valence-electron chi connectivity index (χ4n) is 5.75. The number of fused-ring (bicyclic) bond motifs is 2. The quantitative estimate of drug-likeness (QED) is 0.469. The maximum atomic E-state index is 13.8. The lowest BCUT2D eigenvalue weighted by atomic mass is 9.82. The number of aryl methyl sites for hydroxylation is 1. The van der Waals surface area contributed by atoms with Crippen LogP contribution in [0.25, 0.3) is 0 Å². The molecule has 7 nitrogen and oxygen atoms in total. The van der Waals surface area contributed by atoms with Crippen molar-refractivity contribution in [2.45, 2.75) is 51.5 Å². The number of hydrogen-bond acceptors (Lipinski definition) is 6. The number of halogens is 2. The molecule has 3 atom stereocenters. The normalized spacial score (nSPS) is 24.3. The first-order chi connectivity index (χ1) is 16.5. The molecule has 0 amide bonds. The molecule has 1 unspecified atom stereocenters. The Hall–Kier alpha value is -2.74. The summed E-state index contributed by atoms with van der Waals surface area (Å²) < 4.78 is 21.7. The van der Waals surface area contributed by atoms with Crippen molar-refractivity contribution >= 4 is 17.4 Å². The molecule has 1 aliphatic heterocycles. The summed E-state index contributed by atoms with van der Waals surface area (Å²) in [6, 6.07) is 7.00. The topological polar surface area (TPSA) is 69.0 Å². The van der Waals surface area contributed by atoms with Gasteiger partial charge in [-0.15, -0.1) is 0 Å². The number of anilines is 1. The zero-order chi connectivity index (χ0) is 23.2. The Kier molecular flexibility index (Phi) is 5.63. The first kappa shape index (κ1) is 21.8. The zero-order valence-corrected chi connectivity index (χ0v) is 20.0. The van der Waals surface area contributed by atoms with E-state index in [9.17, 15) is 4.39 Å². The standard InChI is InChI=1S/C25H28ClFN6O/c1-15-7-24(29-14-28-15)32-12-16-5-6-17(13-32)22(16)11-23-30-25(33(31-23)20-3-2-4-20)34-21-9-18(26)8-19(27)10-21/h7-10,14,16-17,20,22H,2-6,11-13H2,1H3/t16-,17+,22?. The van der Waals surface area contributed by atoms with Gasteiger partial charge in [-0.05, 0) is 68.9 Å². The van der Waals surface area contributed by atoms with Gasteiger partial charge < -0.3 is 9.64 Å². The molecular formula is C25H28ClFN6O. The number of ether oxygens (including phenoxy) is 1. The fraction of sp³-hybridized carbons (Fsp3) is 0.520. The molecule has 0 N–H and O–H groups in total. The molecular weight excluding hydrogens is 455 g/mol. The third-order valence-electron chi connectivity index (χ3n) is 7.67. The molecule has 0 radical (unpaired) electrons. The summed E-state index contributed by atoms with van der Waals surface area (Å²) in [6.45, 7) is 4.02. The highest BCUT2D eigenvalue weighted by Crippen LogP contribution is 2.44. The van der Waals surface area contributed by atoms with Gasteiger partial charge in [0.1, 0.15) is 23.7 Å². The van der Waals surface area contributed by atoms with Crippen molar-refractivity contribution in [1.82, 2.24) is 24.7 Å². The first-order valence-corrected chi connectivity index (χ1v) is 12.5. The second kappa shape index (κ2) is 8.80. The van der Waals surface area contributed by atoms with Crippen LogP contribution in [0.5, 0.6) is 11.8 Å². The molecule has 3 fully saturated rings. The van der Waals surface area contributed by atoms with Crippen LogP contribution in [0.15, 0.2) is 30.6 Å². The van der Waals surface area contributed by atoms with E-state index in [4.69, 9.17) is 26.4 Å². The molecule has 34 heavy (non-hydrogen) atoms. The highest BCUT2D eigenvalue weighted by atomic mass is 35.5. The third-order valence-corrected chi connectivity index (χ3v) is 7.89. The minimum absolute atomic E-state index is 0.292. The summed E-state index contributed by atoms with van der Waals surface area (Å²) in [5, 5.41) is 5.17. The van der Waals surface area contributed by atoms with Crippen LogP contribution >= 0.6 is 11.6 Å². The maximum absolute atomic E-state index is 13.8. The molecule has 1 aromatic carbocycles. The predicted molar refractivity (Wildman–Crippen MR) is 127 cm³/mol.